The van der Waals surface area contributed by atoms with Crippen molar-refractivity contribution in [2.45, 2.75) is 30.6 Å². The summed E-state index contributed by atoms with van der Waals surface area (Å²) in [5.41, 5.74) is 0.792. The number of sulfonamides is 1. The summed E-state index contributed by atoms with van der Waals surface area (Å²) in [6, 6.07) is 5.08. The number of aromatic nitrogens is 3. The highest BCUT2D eigenvalue weighted by atomic mass is 32.2. The molecule has 0 radical (unpaired) electrons. The van der Waals surface area contributed by atoms with E-state index in [4.69, 9.17) is 0 Å². The van der Waals surface area contributed by atoms with Crippen molar-refractivity contribution < 1.29 is 13.5 Å². The summed E-state index contributed by atoms with van der Waals surface area (Å²) in [7, 11) is -1.95. The molecular weight excluding hydrogens is 366 g/mol. The van der Waals surface area contributed by atoms with Gasteiger partial charge in [-0.25, -0.2) is 8.42 Å². The fraction of sp³-hybridized carbons (Fsp3) is 0.667. The predicted octanol–water partition coefficient (Wildman–Crippen LogP) is 0.827. The second kappa shape index (κ2) is 7.12. The summed E-state index contributed by atoms with van der Waals surface area (Å²) in [5, 5.41) is 18.5. The van der Waals surface area contributed by atoms with Gasteiger partial charge in [-0.3, -0.25) is 0 Å². The molecule has 9 heteroatoms. The van der Waals surface area contributed by atoms with Crippen LogP contribution < -0.4 is 0 Å². The summed E-state index contributed by atoms with van der Waals surface area (Å²) < 4.78 is 28.0. The van der Waals surface area contributed by atoms with E-state index in [-0.39, 0.29) is 16.9 Å². The Morgan fingerprint density at radius 3 is 2.48 bits per heavy atom. The highest BCUT2D eigenvalue weighted by molar-refractivity contribution is 7.89. The molecule has 2 aromatic rings. The topological polar surface area (TPSA) is 91.6 Å². The van der Waals surface area contributed by atoms with Gasteiger partial charge in [-0.2, -0.15) is 19.3 Å². The number of piperidine rings is 1. The minimum Gasteiger partial charge on any atom is -0.396 e. The second-order valence-electron chi connectivity index (χ2n) is 7.86. The van der Waals surface area contributed by atoms with Crippen molar-refractivity contribution in [1.82, 2.24) is 24.2 Å². The normalized spacial score (nSPS) is 21.9. The maximum absolute atomic E-state index is 13.2. The number of rotatable bonds is 5. The van der Waals surface area contributed by atoms with Gasteiger partial charge in [0.15, 0.2) is 0 Å². The molecule has 0 saturated carbocycles. The molecule has 1 aromatic heterocycles. The zero-order valence-electron chi connectivity index (χ0n) is 15.7. The summed E-state index contributed by atoms with van der Waals surface area (Å²) in [6.45, 7) is 3.98. The first kappa shape index (κ1) is 18.8. The van der Waals surface area contributed by atoms with Gasteiger partial charge >= 0.3 is 0 Å². The van der Waals surface area contributed by atoms with Crippen molar-refractivity contribution >= 4 is 21.1 Å². The summed E-state index contributed by atoms with van der Waals surface area (Å²) in [5.74, 6) is 0. The maximum Gasteiger partial charge on any atom is 0.245 e. The molecule has 0 aliphatic carbocycles. The van der Waals surface area contributed by atoms with Crippen LogP contribution in [0.25, 0.3) is 11.0 Å². The zero-order valence-corrected chi connectivity index (χ0v) is 16.5. The minimum absolute atomic E-state index is 0.108. The quantitative estimate of drug-likeness (QED) is 0.809. The second-order valence-corrected chi connectivity index (χ2v) is 9.77. The SMILES string of the molecule is Cn1nc2cccc(S(=O)(=O)N3CCC(CO)(CN4CCCC4)CC3)c2n1. The van der Waals surface area contributed by atoms with Gasteiger partial charge in [-0.1, -0.05) is 6.07 Å². The molecule has 2 aliphatic rings. The Hall–Kier alpha value is -1.55. The Labute approximate surface area is 159 Å². The van der Waals surface area contributed by atoms with E-state index in [1.54, 1.807) is 25.2 Å². The molecule has 0 atom stereocenters. The van der Waals surface area contributed by atoms with Gasteiger partial charge in [0.05, 0.1) is 6.61 Å². The lowest BCUT2D eigenvalue weighted by molar-refractivity contribution is 0.0374. The number of nitrogens with zero attached hydrogens (tertiary/aromatic N) is 5. The molecule has 8 nitrogen and oxygen atoms in total. The van der Waals surface area contributed by atoms with Crippen LogP contribution in [0, 0.1) is 5.41 Å². The Morgan fingerprint density at radius 2 is 1.81 bits per heavy atom. The van der Waals surface area contributed by atoms with E-state index in [0.717, 1.165) is 19.6 Å². The molecule has 27 heavy (non-hydrogen) atoms. The van der Waals surface area contributed by atoms with E-state index < -0.39 is 10.0 Å². The number of benzene rings is 1. The maximum atomic E-state index is 13.2. The molecule has 0 amide bonds. The summed E-state index contributed by atoms with van der Waals surface area (Å²) in [4.78, 5) is 4.01. The molecule has 3 heterocycles. The first-order valence-electron chi connectivity index (χ1n) is 9.57. The lowest BCUT2D eigenvalue weighted by atomic mass is 9.79. The first-order chi connectivity index (χ1) is 12.9. The van der Waals surface area contributed by atoms with Gasteiger partial charge in [0.25, 0.3) is 0 Å². The van der Waals surface area contributed by atoms with Crippen LogP contribution in [0.3, 0.4) is 0 Å². The van der Waals surface area contributed by atoms with Crippen molar-refractivity contribution in [2.24, 2.45) is 12.5 Å². The number of aliphatic hydroxyl groups is 1. The van der Waals surface area contributed by atoms with Crippen molar-refractivity contribution in [3.63, 3.8) is 0 Å². The van der Waals surface area contributed by atoms with Gasteiger partial charge in [0.1, 0.15) is 15.9 Å². The number of aliphatic hydroxyl groups excluding tert-OH is 1. The fourth-order valence-electron chi connectivity index (χ4n) is 4.34. The average molecular weight is 394 g/mol. The Kier molecular flexibility index (Phi) is 4.96. The molecular formula is C18H27N5O3S. The smallest absolute Gasteiger partial charge is 0.245 e. The largest absolute Gasteiger partial charge is 0.396 e. The van der Waals surface area contributed by atoms with Crippen LogP contribution >= 0.6 is 0 Å². The van der Waals surface area contributed by atoms with Crippen LogP contribution in [0.15, 0.2) is 23.1 Å². The number of hydrogen-bond donors (Lipinski definition) is 1. The average Bonchev–Trinajstić information content (AvgIpc) is 3.29. The lowest BCUT2D eigenvalue weighted by Crippen LogP contribution is -2.49. The number of fused-ring (bicyclic) bond motifs is 1. The highest BCUT2D eigenvalue weighted by Gasteiger charge is 2.40. The van der Waals surface area contributed by atoms with Crippen molar-refractivity contribution in [1.29, 1.82) is 0 Å². The fourth-order valence-corrected chi connectivity index (χ4v) is 5.93. The van der Waals surface area contributed by atoms with E-state index in [1.165, 1.54) is 21.9 Å². The molecule has 0 bridgehead atoms. The molecule has 2 saturated heterocycles. The van der Waals surface area contributed by atoms with Crippen molar-refractivity contribution in [3.05, 3.63) is 18.2 Å². The molecule has 1 aromatic carbocycles. The van der Waals surface area contributed by atoms with Crippen molar-refractivity contribution in [3.8, 4) is 0 Å². The van der Waals surface area contributed by atoms with Crippen molar-refractivity contribution in [2.75, 3.05) is 39.3 Å². The zero-order chi connectivity index (χ0) is 19.1. The first-order valence-corrected chi connectivity index (χ1v) is 11.0. The molecule has 2 aliphatic heterocycles. The van der Waals surface area contributed by atoms with E-state index in [1.807, 2.05) is 0 Å². The number of aryl methyl sites for hydroxylation is 1. The highest BCUT2D eigenvalue weighted by Crippen LogP contribution is 2.35. The molecule has 0 spiro atoms. The van der Waals surface area contributed by atoms with Gasteiger partial charge in [-0.05, 0) is 50.9 Å². The number of likely N-dealkylation sites (tertiary alicyclic amines) is 1. The minimum atomic E-state index is -3.64. The van der Waals surface area contributed by atoms with Crippen LogP contribution in [0.2, 0.25) is 0 Å². The Bertz CT molecular complexity index is 912. The van der Waals surface area contributed by atoms with Crippen LogP contribution in [-0.2, 0) is 17.1 Å². The molecule has 1 N–H and O–H groups in total. The molecule has 2 fully saturated rings. The Morgan fingerprint density at radius 1 is 1.11 bits per heavy atom. The van der Waals surface area contributed by atoms with Gasteiger partial charge in [0.2, 0.25) is 10.0 Å². The van der Waals surface area contributed by atoms with Crippen LogP contribution in [0.4, 0.5) is 0 Å². The lowest BCUT2D eigenvalue weighted by Gasteiger charge is -2.42. The summed E-state index contributed by atoms with van der Waals surface area (Å²) in [6.07, 6.45) is 3.78. The van der Waals surface area contributed by atoms with E-state index in [9.17, 15) is 13.5 Å². The third-order valence-electron chi connectivity index (χ3n) is 5.97. The third kappa shape index (κ3) is 3.49. The monoisotopic (exact) mass is 393 g/mol. The van der Waals surface area contributed by atoms with E-state index >= 15 is 0 Å². The standard InChI is InChI=1S/C18H27N5O3S/c1-21-19-15-5-4-6-16(17(15)20-21)27(25,26)23-11-7-18(14-24,8-12-23)13-22-9-2-3-10-22/h4-6,24H,2-3,7-14H2,1H3. The number of hydrogen-bond acceptors (Lipinski definition) is 6. The molecule has 4 rings (SSSR count). The molecule has 0 unspecified atom stereocenters. The predicted molar refractivity (Wildman–Crippen MR) is 102 cm³/mol. The van der Waals surface area contributed by atoms with E-state index in [2.05, 4.69) is 15.1 Å². The van der Waals surface area contributed by atoms with E-state index in [0.29, 0.717) is 37.0 Å². The van der Waals surface area contributed by atoms with Crippen LogP contribution in [0.5, 0.6) is 0 Å². The third-order valence-corrected chi connectivity index (χ3v) is 7.90. The van der Waals surface area contributed by atoms with Crippen LogP contribution in [-0.4, -0.2) is 77.1 Å². The molecule has 148 valence electrons. The van der Waals surface area contributed by atoms with Crippen LogP contribution in [0.1, 0.15) is 25.7 Å². The van der Waals surface area contributed by atoms with Gasteiger partial charge < -0.3 is 10.0 Å². The summed E-state index contributed by atoms with van der Waals surface area (Å²) >= 11 is 0. The van der Waals surface area contributed by atoms with Gasteiger partial charge in [-0.15, -0.1) is 0 Å². The van der Waals surface area contributed by atoms with Gasteiger partial charge in [0, 0.05) is 32.1 Å². The Balaban J connectivity index is 1.54.